The summed E-state index contributed by atoms with van der Waals surface area (Å²) in [6, 6.07) is 3.50. The molecule has 0 aliphatic heterocycles. The Labute approximate surface area is 110 Å². The minimum absolute atomic E-state index is 0.254. The van der Waals surface area contributed by atoms with Crippen LogP contribution in [0.3, 0.4) is 0 Å². The molecule has 0 saturated carbocycles. The van der Waals surface area contributed by atoms with E-state index in [0.717, 1.165) is 22.6 Å². The van der Waals surface area contributed by atoms with Crippen molar-refractivity contribution in [2.45, 2.75) is 31.0 Å². The number of aromatic amines is 1. The summed E-state index contributed by atoms with van der Waals surface area (Å²) in [6.07, 6.45) is 2.48. The maximum atomic E-state index is 12.0. The Balaban J connectivity index is 2.10. The van der Waals surface area contributed by atoms with Crippen molar-refractivity contribution in [1.29, 1.82) is 0 Å². The highest BCUT2D eigenvalue weighted by Crippen LogP contribution is 2.21. The van der Waals surface area contributed by atoms with Crippen LogP contribution < -0.4 is 4.72 Å². The molecule has 98 valence electrons. The van der Waals surface area contributed by atoms with E-state index in [-0.39, 0.29) is 6.54 Å². The van der Waals surface area contributed by atoms with Gasteiger partial charge in [-0.15, -0.1) is 11.3 Å². The van der Waals surface area contributed by atoms with Crippen LogP contribution in [0.25, 0.3) is 0 Å². The number of hydrogen-bond acceptors (Lipinski definition) is 4. The van der Waals surface area contributed by atoms with Gasteiger partial charge in [0.1, 0.15) is 4.21 Å². The predicted octanol–water partition coefficient (Wildman–Crippen LogP) is 1.82. The lowest BCUT2D eigenvalue weighted by Gasteiger charge is -2.03. The first-order valence-electron chi connectivity index (χ1n) is 5.60. The van der Waals surface area contributed by atoms with Crippen LogP contribution in [0.2, 0.25) is 0 Å². The second-order valence-electron chi connectivity index (χ2n) is 3.92. The number of aryl methyl sites for hydroxylation is 2. The van der Waals surface area contributed by atoms with Crippen molar-refractivity contribution in [3.8, 4) is 0 Å². The van der Waals surface area contributed by atoms with Gasteiger partial charge in [-0.2, -0.15) is 5.10 Å². The van der Waals surface area contributed by atoms with Crippen LogP contribution in [0.1, 0.15) is 23.1 Å². The Hall–Kier alpha value is -1.18. The average Bonchev–Trinajstić information content (AvgIpc) is 2.95. The quantitative estimate of drug-likeness (QED) is 0.880. The molecule has 5 nitrogen and oxygen atoms in total. The Morgan fingerprint density at radius 2 is 2.22 bits per heavy atom. The van der Waals surface area contributed by atoms with Gasteiger partial charge in [0.25, 0.3) is 0 Å². The molecular weight excluding hydrogens is 270 g/mol. The lowest BCUT2D eigenvalue weighted by molar-refractivity contribution is 0.583. The van der Waals surface area contributed by atoms with E-state index < -0.39 is 10.0 Å². The van der Waals surface area contributed by atoms with E-state index in [4.69, 9.17) is 0 Å². The first-order valence-corrected chi connectivity index (χ1v) is 7.90. The molecule has 0 spiro atoms. The van der Waals surface area contributed by atoms with E-state index in [9.17, 15) is 8.42 Å². The van der Waals surface area contributed by atoms with Crippen LogP contribution in [0.5, 0.6) is 0 Å². The minimum Gasteiger partial charge on any atom is -0.283 e. The summed E-state index contributed by atoms with van der Waals surface area (Å²) in [6.45, 7) is 4.12. The number of H-pyrrole nitrogens is 1. The fraction of sp³-hybridized carbons (Fsp3) is 0.364. The molecule has 18 heavy (non-hydrogen) atoms. The first kappa shape index (κ1) is 13.3. The molecule has 0 aromatic carbocycles. The molecule has 7 heteroatoms. The van der Waals surface area contributed by atoms with Crippen molar-refractivity contribution >= 4 is 21.4 Å². The molecule has 0 unspecified atom stereocenters. The molecule has 2 N–H and O–H groups in total. The van der Waals surface area contributed by atoms with Crippen LogP contribution in [0.4, 0.5) is 0 Å². The van der Waals surface area contributed by atoms with Gasteiger partial charge in [0.2, 0.25) is 10.0 Å². The molecule has 0 bridgehead atoms. The fourth-order valence-corrected chi connectivity index (χ4v) is 3.84. The van der Waals surface area contributed by atoms with Crippen molar-refractivity contribution in [1.82, 2.24) is 14.9 Å². The van der Waals surface area contributed by atoms with E-state index in [1.165, 1.54) is 11.3 Å². The van der Waals surface area contributed by atoms with Gasteiger partial charge in [-0.05, 0) is 25.5 Å². The third-order valence-corrected chi connectivity index (χ3v) is 5.76. The summed E-state index contributed by atoms with van der Waals surface area (Å²) in [5.74, 6) is 0. The van der Waals surface area contributed by atoms with E-state index in [1.54, 1.807) is 12.3 Å². The van der Waals surface area contributed by atoms with E-state index in [1.807, 2.05) is 19.9 Å². The van der Waals surface area contributed by atoms with Gasteiger partial charge in [0.05, 0.1) is 6.20 Å². The van der Waals surface area contributed by atoms with Gasteiger partial charge in [-0.3, -0.25) is 5.10 Å². The van der Waals surface area contributed by atoms with Crippen molar-refractivity contribution in [2.75, 3.05) is 0 Å². The lowest BCUT2D eigenvalue weighted by atomic mass is 10.3. The third-order valence-electron chi connectivity index (χ3n) is 2.64. The molecule has 0 amide bonds. The highest BCUT2D eigenvalue weighted by atomic mass is 32.2. The summed E-state index contributed by atoms with van der Waals surface area (Å²) in [5, 5.41) is 6.63. The summed E-state index contributed by atoms with van der Waals surface area (Å²) >= 11 is 1.31. The van der Waals surface area contributed by atoms with Gasteiger partial charge in [-0.1, -0.05) is 6.92 Å². The molecule has 2 rings (SSSR count). The number of nitrogens with one attached hydrogen (secondary N) is 2. The molecular formula is C11H15N3O2S2. The highest BCUT2D eigenvalue weighted by molar-refractivity contribution is 7.91. The Kier molecular flexibility index (Phi) is 3.84. The van der Waals surface area contributed by atoms with Gasteiger partial charge >= 0.3 is 0 Å². The molecule has 0 aliphatic rings. The van der Waals surface area contributed by atoms with Crippen LogP contribution in [-0.2, 0) is 23.0 Å². The summed E-state index contributed by atoms with van der Waals surface area (Å²) in [4.78, 5) is 1.06. The van der Waals surface area contributed by atoms with Crippen molar-refractivity contribution < 1.29 is 8.42 Å². The van der Waals surface area contributed by atoms with Crippen molar-refractivity contribution in [2.24, 2.45) is 0 Å². The SMILES string of the molecule is CCc1ccc(S(=O)(=O)NCc2cn[nH]c2C)s1. The predicted molar refractivity (Wildman–Crippen MR) is 71.0 cm³/mol. The number of sulfonamides is 1. The van der Waals surface area contributed by atoms with Gasteiger partial charge in [-0.25, -0.2) is 13.1 Å². The third kappa shape index (κ3) is 2.80. The molecule has 0 radical (unpaired) electrons. The van der Waals surface area contributed by atoms with Gasteiger partial charge in [0, 0.05) is 22.7 Å². The molecule has 0 atom stereocenters. The molecule has 2 aromatic heterocycles. The maximum Gasteiger partial charge on any atom is 0.250 e. The standard InChI is InChI=1S/C11H15N3O2S2/c1-3-10-4-5-11(17-10)18(15,16)13-7-9-6-12-14-8(9)2/h4-6,13H,3,7H2,1-2H3,(H,12,14). The van der Waals surface area contributed by atoms with Gasteiger partial charge in [0.15, 0.2) is 0 Å². The summed E-state index contributed by atoms with van der Waals surface area (Å²) < 4.78 is 27.0. The number of aromatic nitrogens is 2. The Morgan fingerprint density at radius 1 is 1.44 bits per heavy atom. The van der Waals surface area contributed by atoms with Gasteiger partial charge < -0.3 is 0 Å². The average molecular weight is 285 g/mol. The number of rotatable bonds is 5. The van der Waals surface area contributed by atoms with E-state index >= 15 is 0 Å². The Bertz CT molecular complexity index is 628. The second-order valence-corrected chi connectivity index (χ2v) is 7.08. The Morgan fingerprint density at radius 3 is 2.78 bits per heavy atom. The minimum atomic E-state index is -3.42. The zero-order chi connectivity index (χ0) is 13.2. The number of nitrogens with zero attached hydrogens (tertiary/aromatic N) is 1. The first-order chi connectivity index (χ1) is 8.53. The summed E-state index contributed by atoms with van der Waals surface area (Å²) in [7, 11) is -3.42. The van der Waals surface area contributed by atoms with Crippen molar-refractivity contribution in [3.63, 3.8) is 0 Å². The molecule has 0 saturated heterocycles. The molecule has 0 aliphatic carbocycles. The molecule has 0 fully saturated rings. The normalized spacial score (nSPS) is 11.9. The highest BCUT2D eigenvalue weighted by Gasteiger charge is 2.16. The largest absolute Gasteiger partial charge is 0.283 e. The summed E-state index contributed by atoms with van der Waals surface area (Å²) in [5.41, 5.74) is 1.73. The number of thiophene rings is 1. The zero-order valence-electron chi connectivity index (χ0n) is 10.2. The smallest absolute Gasteiger partial charge is 0.250 e. The van der Waals surface area contributed by atoms with Crippen LogP contribution in [0.15, 0.2) is 22.5 Å². The topological polar surface area (TPSA) is 74.8 Å². The zero-order valence-corrected chi connectivity index (χ0v) is 11.9. The molecule has 2 aromatic rings. The van der Waals surface area contributed by atoms with Crippen molar-refractivity contribution in [3.05, 3.63) is 34.5 Å². The second kappa shape index (κ2) is 5.21. The van der Waals surface area contributed by atoms with E-state index in [2.05, 4.69) is 14.9 Å². The fourth-order valence-electron chi connectivity index (χ4n) is 1.49. The van der Waals surface area contributed by atoms with Crippen LogP contribution in [0, 0.1) is 6.92 Å². The maximum absolute atomic E-state index is 12.0. The lowest BCUT2D eigenvalue weighted by Crippen LogP contribution is -2.22. The van der Waals surface area contributed by atoms with Crippen LogP contribution >= 0.6 is 11.3 Å². The monoisotopic (exact) mass is 285 g/mol. The number of hydrogen-bond donors (Lipinski definition) is 2. The van der Waals surface area contributed by atoms with E-state index in [0.29, 0.717) is 4.21 Å². The van der Waals surface area contributed by atoms with Crippen LogP contribution in [-0.4, -0.2) is 18.6 Å². The molecule has 2 heterocycles.